The quantitative estimate of drug-likeness (QED) is 0.751. The highest BCUT2D eigenvalue weighted by molar-refractivity contribution is 6.31. The predicted molar refractivity (Wildman–Crippen MR) is 50.2 cm³/mol. The maximum Gasteiger partial charge on any atom is 0.159 e. The lowest BCUT2D eigenvalue weighted by molar-refractivity contribution is 0.509. The van der Waals surface area contributed by atoms with Gasteiger partial charge in [0.25, 0.3) is 0 Å². The summed E-state index contributed by atoms with van der Waals surface area (Å²) in [6.45, 7) is 0. The standard InChI is InChI=1S/C9H4ClF2N3/c10-9-8(15-14-4-13-9)5-1-2-6(11)7(12)3-5/h1-4H. The molecule has 6 heteroatoms. The normalized spacial score (nSPS) is 10.3. The monoisotopic (exact) mass is 227 g/mol. The van der Waals surface area contributed by atoms with E-state index in [1.807, 2.05) is 0 Å². The molecular formula is C9H4ClF2N3. The second-order valence-electron chi connectivity index (χ2n) is 2.73. The summed E-state index contributed by atoms with van der Waals surface area (Å²) in [5.41, 5.74) is 0.553. The van der Waals surface area contributed by atoms with Crippen molar-refractivity contribution in [2.75, 3.05) is 0 Å². The SMILES string of the molecule is Fc1ccc(-c2nncnc2Cl)cc1F. The predicted octanol–water partition coefficient (Wildman–Crippen LogP) is 2.47. The van der Waals surface area contributed by atoms with Crippen molar-refractivity contribution in [2.45, 2.75) is 0 Å². The molecule has 0 aliphatic carbocycles. The highest BCUT2D eigenvalue weighted by atomic mass is 35.5. The molecule has 0 fully saturated rings. The van der Waals surface area contributed by atoms with Crippen molar-refractivity contribution < 1.29 is 8.78 Å². The fourth-order valence-corrected chi connectivity index (χ4v) is 1.27. The molecule has 1 aromatic heterocycles. The third-order valence-electron chi connectivity index (χ3n) is 1.77. The largest absolute Gasteiger partial charge is 0.220 e. The first-order valence-corrected chi connectivity index (χ1v) is 4.35. The molecule has 2 rings (SSSR count). The fraction of sp³-hybridized carbons (Fsp3) is 0. The molecule has 0 N–H and O–H groups in total. The number of nitrogens with zero attached hydrogens (tertiary/aromatic N) is 3. The van der Waals surface area contributed by atoms with Crippen LogP contribution in [0.2, 0.25) is 5.15 Å². The van der Waals surface area contributed by atoms with Crippen LogP contribution in [0.5, 0.6) is 0 Å². The van der Waals surface area contributed by atoms with Crippen LogP contribution in [-0.4, -0.2) is 15.2 Å². The van der Waals surface area contributed by atoms with Crippen molar-refractivity contribution in [1.29, 1.82) is 0 Å². The maximum atomic E-state index is 12.9. The van der Waals surface area contributed by atoms with E-state index in [0.717, 1.165) is 12.1 Å². The van der Waals surface area contributed by atoms with E-state index < -0.39 is 11.6 Å². The van der Waals surface area contributed by atoms with Gasteiger partial charge in [0, 0.05) is 5.56 Å². The fourth-order valence-electron chi connectivity index (χ4n) is 1.08. The second kappa shape index (κ2) is 3.86. The first-order chi connectivity index (χ1) is 7.18. The van der Waals surface area contributed by atoms with Crippen molar-refractivity contribution in [1.82, 2.24) is 15.2 Å². The minimum absolute atomic E-state index is 0.0935. The molecule has 0 bridgehead atoms. The summed E-state index contributed by atoms with van der Waals surface area (Å²) in [6.07, 6.45) is 1.17. The number of benzene rings is 1. The van der Waals surface area contributed by atoms with Gasteiger partial charge >= 0.3 is 0 Å². The lowest BCUT2D eigenvalue weighted by Gasteiger charge is -2.01. The van der Waals surface area contributed by atoms with E-state index in [1.165, 1.54) is 12.4 Å². The Balaban J connectivity index is 2.55. The van der Waals surface area contributed by atoms with Gasteiger partial charge in [0.15, 0.2) is 16.8 Å². The summed E-state index contributed by atoms with van der Waals surface area (Å²) in [4.78, 5) is 3.68. The Morgan fingerprint density at radius 2 is 1.93 bits per heavy atom. The highest BCUT2D eigenvalue weighted by Crippen LogP contribution is 2.23. The zero-order valence-corrected chi connectivity index (χ0v) is 8.04. The maximum absolute atomic E-state index is 12.9. The Labute approximate surface area is 88.8 Å². The molecule has 3 nitrogen and oxygen atoms in total. The molecule has 1 heterocycles. The first kappa shape index (κ1) is 9.92. The average molecular weight is 228 g/mol. The Morgan fingerprint density at radius 1 is 1.13 bits per heavy atom. The van der Waals surface area contributed by atoms with E-state index in [9.17, 15) is 8.78 Å². The van der Waals surface area contributed by atoms with Crippen molar-refractivity contribution in [2.24, 2.45) is 0 Å². The summed E-state index contributed by atoms with van der Waals surface area (Å²) in [7, 11) is 0. The lowest BCUT2D eigenvalue weighted by atomic mass is 10.1. The van der Waals surface area contributed by atoms with E-state index in [1.54, 1.807) is 0 Å². The van der Waals surface area contributed by atoms with Gasteiger partial charge in [-0.15, -0.1) is 10.2 Å². The van der Waals surface area contributed by atoms with Crippen LogP contribution in [0.15, 0.2) is 24.5 Å². The smallest absolute Gasteiger partial charge is 0.159 e. The van der Waals surface area contributed by atoms with Crippen molar-refractivity contribution >= 4 is 11.6 Å². The van der Waals surface area contributed by atoms with Gasteiger partial charge in [-0.1, -0.05) is 11.6 Å². The van der Waals surface area contributed by atoms with Crippen molar-refractivity contribution in [3.05, 3.63) is 41.3 Å². The minimum atomic E-state index is -0.964. The molecular weight excluding hydrogens is 224 g/mol. The van der Waals surface area contributed by atoms with Gasteiger partial charge in [-0.05, 0) is 18.2 Å². The summed E-state index contributed by atoms with van der Waals surface area (Å²) < 4.78 is 25.6. The molecule has 0 aliphatic rings. The van der Waals surface area contributed by atoms with E-state index in [2.05, 4.69) is 15.2 Å². The van der Waals surface area contributed by atoms with Gasteiger partial charge in [-0.25, -0.2) is 13.8 Å². The summed E-state index contributed by atoms with van der Waals surface area (Å²) >= 11 is 5.72. The van der Waals surface area contributed by atoms with Crippen molar-refractivity contribution in [3.63, 3.8) is 0 Å². The highest BCUT2D eigenvalue weighted by Gasteiger charge is 2.09. The Hall–Kier alpha value is -1.62. The van der Waals surface area contributed by atoms with E-state index in [4.69, 9.17) is 11.6 Å². The molecule has 0 unspecified atom stereocenters. The van der Waals surface area contributed by atoms with Crippen LogP contribution >= 0.6 is 11.6 Å². The van der Waals surface area contributed by atoms with Gasteiger partial charge in [-0.3, -0.25) is 0 Å². The van der Waals surface area contributed by atoms with Gasteiger partial charge in [-0.2, -0.15) is 0 Å². The first-order valence-electron chi connectivity index (χ1n) is 3.97. The molecule has 0 spiro atoms. The number of halogens is 3. The molecule has 0 aliphatic heterocycles. The molecule has 0 saturated carbocycles. The summed E-state index contributed by atoms with van der Waals surface area (Å²) in [5.74, 6) is -1.89. The van der Waals surface area contributed by atoms with Crippen molar-refractivity contribution in [3.8, 4) is 11.3 Å². The van der Waals surface area contributed by atoms with Crippen LogP contribution in [0.1, 0.15) is 0 Å². The summed E-state index contributed by atoms with van der Waals surface area (Å²) in [5, 5.41) is 7.29. The molecule has 15 heavy (non-hydrogen) atoms. The molecule has 0 saturated heterocycles. The molecule has 2 aromatic rings. The van der Waals surface area contributed by atoms with E-state index in [-0.39, 0.29) is 10.8 Å². The third kappa shape index (κ3) is 1.92. The van der Waals surface area contributed by atoms with E-state index in [0.29, 0.717) is 5.56 Å². The molecule has 1 aromatic carbocycles. The number of hydrogen-bond acceptors (Lipinski definition) is 3. The Bertz CT molecular complexity index is 504. The number of hydrogen-bond donors (Lipinski definition) is 0. The van der Waals surface area contributed by atoms with Gasteiger partial charge < -0.3 is 0 Å². The number of rotatable bonds is 1. The molecule has 0 radical (unpaired) electrons. The van der Waals surface area contributed by atoms with Crippen LogP contribution in [0.4, 0.5) is 8.78 Å². The molecule has 0 amide bonds. The molecule has 76 valence electrons. The summed E-state index contributed by atoms with van der Waals surface area (Å²) in [6, 6.07) is 3.35. The van der Waals surface area contributed by atoms with E-state index >= 15 is 0 Å². The van der Waals surface area contributed by atoms with Crippen LogP contribution in [0, 0.1) is 11.6 Å². The van der Waals surface area contributed by atoms with Crippen LogP contribution < -0.4 is 0 Å². The van der Waals surface area contributed by atoms with Gasteiger partial charge in [0.05, 0.1) is 0 Å². The Morgan fingerprint density at radius 3 is 2.60 bits per heavy atom. The minimum Gasteiger partial charge on any atom is -0.220 e. The van der Waals surface area contributed by atoms with Gasteiger partial charge in [0.1, 0.15) is 12.0 Å². The zero-order valence-electron chi connectivity index (χ0n) is 7.28. The van der Waals surface area contributed by atoms with Crippen LogP contribution in [0.3, 0.4) is 0 Å². The molecule has 0 atom stereocenters. The third-order valence-corrected chi connectivity index (χ3v) is 2.05. The lowest BCUT2D eigenvalue weighted by Crippen LogP contribution is -1.92. The number of aromatic nitrogens is 3. The topological polar surface area (TPSA) is 38.7 Å². The second-order valence-corrected chi connectivity index (χ2v) is 3.09. The van der Waals surface area contributed by atoms with Gasteiger partial charge in [0.2, 0.25) is 0 Å². The van der Waals surface area contributed by atoms with Crippen LogP contribution in [0.25, 0.3) is 11.3 Å². The zero-order chi connectivity index (χ0) is 10.8. The average Bonchev–Trinajstić information content (AvgIpc) is 2.23. The Kier molecular flexibility index (Phi) is 2.55. The van der Waals surface area contributed by atoms with Crippen LogP contribution in [-0.2, 0) is 0 Å².